The van der Waals surface area contributed by atoms with Gasteiger partial charge >= 0.3 is 5.97 Å². The number of rotatable bonds is 7. The Kier molecular flexibility index (Phi) is 5.60. The SMILES string of the molecule is CCOC(=O)C(CC)NC1CC(OCC)C1(C)C. The van der Waals surface area contributed by atoms with E-state index in [0.29, 0.717) is 18.8 Å². The molecule has 1 aliphatic carbocycles. The maximum absolute atomic E-state index is 11.8. The maximum atomic E-state index is 11.8. The van der Waals surface area contributed by atoms with Gasteiger partial charge in [0, 0.05) is 18.1 Å². The second-order valence-corrected chi connectivity index (χ2v) is 5.43. The molecule has 3 atom stereocenters. The first-order chi connectivity index (χ1) is 8.47. The van der Waals surface area contributed by atoms with Crippen molar-refractivity contribution in [3.8, 4) is 0 Å². The van der Waals surface area contributed by atoms with Gasteiger partial charge in [-0.3, -0.25) is 4.79 Å². The molecule has 106 valence electrons. The largest absolute Gasteiger partial charge is 0.465 e. The third-order valence-electron chi connectivity index (χ3n) is 3.93. The fraction of sp³-hybridized carbons (Fsp3) is 0.929. The van der Waals surface area contributed by atoms with Crippen molar-refractivity contribution in [3.63, 3.8) is 0 Å². The third-order valence-corrected chi connectivity index (χ3v) is 3.93. The number of carbonyl (C=O) groups excluding carboxylic acids is 1. The molecule has 1 rings (SSSR count). The van der Waals surface area contributed by atoms with Crippen LogP contribution in [0.5, 0.6) is 0 Å². The first kappa shape index (κ1) is 15.4. The highest BCUT2D eigenvalue weighted by atomic mass is 16.5. The summed E-state index contributed by atoms with van der Waals surface area (Å²) >= 11 is 0. The number of esters is 1. The van der Waals surface area contributed by atoms with Crippen molar-refractivity contribution >= 4 is 5.97 Å². The zero-order chi connectivity index (χ0) is 13.8. The number of hydrogen-bond acceptors (Lipinski definition) is 4. The molecule has 0 bridgehead atoms. The number of nitrogens with one attached hydrogen (secondary N) is 1. The normalized spacial score (nSPS) is 27.4. The fourth-order valence-electron chi connectivity index (χ4n) is 2.49. The Bertz CT molecular complexity index is 278. The van der Waals surface area contributed by atoms with E-state index in [1.807, 2.05) is 20.8 Å². The first-order valence-corrected chi connectivity index (χ1v) is 7.01. The summed E-state index contributed by atoms with van der Waals surface area (Å²) < 4.78 is 10.8. The average molecular weight is 257 g/mol. The lowest BCUT2D eigenvalue weighted by atomic mass is 9.64. The lowest BCUT2D eigenvalue weighted by Gasteiger charge is -2.52. The van der Waals surface area contributed by atoms with E-state index in [2.05, 4.69) is 19.2 Å². The van der Waals surface area contributed by atoms with Crippen LogP contribution in [0.4, 0.5) is 0 Å². The molecule has 1 saturated carbocycles. The van der Waals surface area contributed by atoms with E-state index in [4.69, 9.17) is 9.47 Å². The Morgan fingerprint density at radius 2 is 2.00 bits per heavy atom. The quantitative estimate of drug-likeness (QED) is 0.710. The van der Waals surface area contributed by atoms with Crippen LogP contribution in [-0.2, 0) is 14.3 Å². The van der Waals surface area contributed by atoms with Crippen LogP contribution >= 0.6 is 0 Å². The van der Waals surface area contributed by atoms with E-state index in [1.165, 1.54) is 0 Å². The average Bonchev–Trinajstić information content (AvgIpc) is 2.33. The number of ether oxygens (including phenoxy) is 2. The lowest BCUT2D eigenvalue weighted by molar-refractivity contribution is -0.150. The lowest BCUT2D eigenvalue weighted by Crippen LogP contribution is -2.63. The zero-order valence-electron chi connectivity index (χ0n) is 12.3. The van der Waals surface area contributed by atoms with Crippen molar-refractivity contribution in [2.45, 2.75) is 65.6 Å². The predicted molar refractivity (Wildman–Crippen MR) is 71.4 cm³/mol. The summed E-state index contributed by atoms with van der Waals surface area (Å²) in [6.07, 6.45) is 2.02. The summed E-state index contributed by atoms with van der Waals surface area (Å²) in [6, 6.07) is 0.125. The highest BCUT2D eigenvalue weighted by Crippen LogP contribution is 2.43. The van der Waals surface area contributed by atoms with Gasteiger partial charge in [0.1, 0.15) is 6.04 Å². The van der Waals surface area contributed by atoms with Gasteiger partial charge in [-0.05, 0) is 26.7 Å². The molecule has 0 spiro atoms. The van der Waals surface area contributed by atoms with Crippen LogP contribution in [0.15, 0.2) is 0 Å². The van der Waals surface area contributed by atoms with Crippen LogP contribution in [0.25, 0.3) is 0 Å². The van der Waals surface area contributed by atoms with E-state index in [9.17, 15) is 4.79 Å². The van der Waals surface area contributed by atoms with Gasteiger partial charge in [-0.2, -0.15) is 0 Å². The van der Waals surface area contributed by atoms with Crippen molar-refractivity contribution in [2.24, 2.45) is 5.41 Å². The predicted octanol–water partition coefficient (Wildman–Crippen LogP) is 2.12. The van der Waals surface area contributed by atoms with E-state index < -0.39 is 0 Å². The number of carbonyl (C=O) groups is 1. The molecule has 18 heavy (non-hydrogen) atoms. The molecule has 0 radical (unpaired) electrons. The summed E-state index contributed by atoms with van der Waals surface area (Å²) in [5, 5.41) is 3.41. The van der Waals surface area contributed by atoms with Gasteiger partial charge in [-0.25, -0.2) is 0 Å². The van der Waals surface area contributed by atoms with Gasteiger partial charge in [0.05, 0.1) is 12.7 Å². The summed E-state index contributed by atoms with van der Waals surface area (Å²) in [4.78, 5) is 11.8. The monoisotopic (exact) mass is 257 g/mol. The Labute approximate surface area is 110 Å². The second kappa shape index (κ2) is 6.53. The molecule has 0 saturated heterocycles. The molecule has 0 heterocycles. The molecule has 1 N–H and O–H groups in total. The zero-order valence-corrected chi connectivity index (χ0v) is 12.3. The van der Waals surface area contributed by atoms with Crippen molar-refractivity contribution < 1.29 is 14.3 Å². The maximum Gasteiger partial charge on any atom is 0.323 e. The van der Waals surface area contributed by atoms with Crippen molar-refractivity contribution in [1.29, 1.82) is 0 Å². The molecule has 0 aromatic carbocycles. The van der Waals surface area contributed by atoms with Crippen LogP contribution < -0.4 is 5.32 Å². The molecular formula is C14H27NO3. The molecule has 0 aliphatic heterocycles. The van der Waals surface area contributed by atoms with Crippen LogP contribution in [0.1, 0.15) is 47.5 Å². The fourth-order valence-corrected chi connectivity index (χ4v) is 2.49. The van der Waals surface area contributed by atoms with Crippen LogP contribution in [0.3, 0.4) is 0 Å². The Morgan fingerprint density at radius 1 is 1.33 bits per heavy atom. The highest BCUT2D eigenvalue weighted by Gasteiger charge is 2.49. The molecule has 0 aromatic rings. The van der Waals surface area contributed by atoms with E-state index >= 15 is 0 Å². The van der Waals surface area contributed by atoms with Crippen LogP contribution in [-0.4, -0.2) is 37.4 Å². The van der Waals surface area contributed by atoms with Gasteiger partial charge in [0.15, 0.2) is 0 Å². The molecule has 1 aliphatic rings. The molecule has 1 fully saturated rings. The standard InChI is InChI=1S/C14H27NO3/c1-6-10(13(16)18-8-3)15-11-9-12(17-7-2)14(11,4)5/h10-12,15H,6-9H2,1-5H3. The summed E-state index contributed by atoms with van der Waals surface area (Å²) in [6.45, 7) is 11.4. The van der Waals surface area contributed by atoms with Crippen LogP contribution in [0, 0.1) is 5.41 Å². The number of hydrogen-bond donors (Lipinski definition) is 1. The first-order valence-electron chi connectivity index (χ1n) is 7.01. The van der Waals surface area contributed by atoms with Crippen molar-refractivity contribution in [3.05, 3.63) is 0 Å². The molecule has 0 aromatic heterocycles. The van der Waals surface area contributed by atoms with Crippen LogP contribution in [0.2, 0.25) is 0 Å². The van der Waals surface area contributed by atoms with E-state index in [-0.39, 0.29) is 17.4 Å². The smallest absolute Gasteiger partial charge is 0.323 e. The molecule has 4 heteroatoms. The highest BCUT2D eigenvalue weighted by molar-refractivity contribution is 5.75. The minimum atomic E-state index is -0.197. The van der Waals surface area contributed by atoms with E-state index in [1.54, 1.807) is 0 Å². The molecule has 3 unspecified atom stereocenters. The molecule has 0 amide bonds. The Hall–Kier alpha value is -0.610. The van der Waals surface area contributed by atoms with E-state index in [0.717, 1.165) is 19.4 Å². The third kappa shape index (κ3) is 3.23. The molecular weight excluding hydrogens is 230 g/mol. The minimum Gasteiger partial charge on any atom is -0.465 e. The van der Waals surface area contributed by atoms with Gasteiger partial charge in [0.2, 0.25) is 0 Å². The Morgan fingerprint density at radius 3 is 2.44 bits per heavy atom. The summed E-state index contributed by atoms with van der Waals surface area (Å²) in [5.74, 6) is -0.143. The molecule has 4 nitrogen and oxygen atoms in total. The van der Waals surface area contributed by atoms with Gasteiger partial charge in [0.25, 0.3) is 0 Å². The second-order valence-electron chi connectivity index (χ2n) is 5.43. The van der Waals surface area contributed by atoms with Crippen molar-refractivity contribution in [1.82, 2.24) is 5.32 Å². The van der Waals surface area contributed by atoms with Gasteiger partial charge < -0.3 is 14.8 Å². The minimum absolute atomic E-state index is 0.0793. The topological polar surface area (TPSA) is 47.6 Å². The Balaban J connectivity index is 2.50. The van der Waals surface area contributed by atoms with Gasteiger partial charge in [-0.1, -0.05) is 20.8 Å². The van der Waals surface area contributed by atoms with Crippen molar-refractivity contribution in [2.75, 3.05) is 13.2 Å². The van der Waals surface area contributed by atoms with Gasteiger partial charge in [-0.15, -0.1) is 0 Å². The summed E-state index contributed by atoms with van der Waals surface area (Å²) in [7, 11) is 0. The summed E-state index contributed by atoms with van der Waals surface area (Å²) in [5.41, 5.74) is 0.0793.